The Hall–Kier alpha value is -1.42. The minimum Gasteiger partial charge on any atom is -0.329 e. The van der Waals surface area contributed by atoms with Crippen LogP contribution in [0.1, 0.15) is 36.0 Å². The predicted molar refractivity (Wildman–Crippen MR) is 80.1 cm³/mol. The Morgan fingerprint density at radius 2 is 1.90 bits per heavy atom. The number of hydrogen-bond donors (Lipinski definition) is 1. The second kappa shape index (κ2) is 5.41. The van der Waals surface area contributed by atoms with Crippen molar-refractivity contribution in [1.82, 2.24) is 9.88 Å². The maximum atomic E-state index is 12.4. The number of quaternary nitrogens is 1. The van der Waals surface area contributed by atoms with Crippen molar-refractivity contribution in [3.05, 3.63) is 30.1 Å². The van der Waals surface area contributed by atoms with E-state index in [9.17, 15) is 4.79 Å². The van der Waals surface area contributed by atoms with Crippen LogP contribution in [0.25, 0.3) is 0 Å². The fourth-order valence-electron chi connectivity index (χ4n) is 4.79. The molecule has 2 aliphatic carbocycles. The summed E-state index contributed by atoms with van der Waals surface area (Å²) in [5.74, 6) is 2.17. The van der Waals surface area contributed by atoms with Gasteiger partial charge < -0.3 is 9.80 Å². The number of nitrogens with zero attached hydrogens (tertiary/aromatic N) is 2. The molecule has 3 atom stereocenters. The molecular formula is C17H24N3O+. The van der Waals surface area contributed by atoms with Gasteiger partial charge in [0.2, 0.25) is 0 Å². The van der Waals surface area contributed by atoms with E-state index in [2.05, 4.69) is 4.98 Å². The quantitative estimate of drug-likeness (QED) is 0.865. The summed E-state index contributed by atoms with van der Waals surface area (Å²) in [6, 6.07) is 4.52. The van der Waals surface area contributed by atoms with Crippen molar-refractivity contribution in [2.24, 2.45) is 11.8 Å². The number of nitrogens with one attached hydrogen (secondary N) is 1. The lowest BCUT2D eigenvalue weighted by molar-refractivity contribution is -0.932. The fraction of sp³-hybridized carbons (Fsp3) is 0.647. The maximum Gasteiger partial charge on any atom is 0.254 e. The molecule has 4 nitrogen and oxygen atoms in total. The number of pyridine rings is 1. The standard InChI is InChI=1S/C17H23N3O/c21-17(14-3-5-18-6-4-14)20-9-7-19(8-10-20)16-12-13-1-2-15(16)11-13/h3-6,13,15-16H,1-2,7-12H2/p+1/t13-,15+,16+/m0/s1. The topological polar surface area (TPSA) is 37.6 Å². The van der Waals surface area contributed by atoms with Crippen LogP contribution in [0.3, 0.4) is 0 Å². The van der Waals surface area contributed by atoms with Gasteiger partial charge in [-0.2, -0.15) is 0 Å². The number of piperazine rings is 1. The van der Waals surface area contributed by atoms with E-state index in [0.29, 0.717) is 0 Å². The van der Waals surface area contributed by atoms with E-state index < -0.39 is 0 Å². The molecule has 0 unspecified atom stereocenters. The minimum absolute atomic E-state index is 0.171. The lowest BCUT2D eigenvalue weighted by Crippen LogP contribution is -3.18. The van der Waals surface area contributed by atoms with Gasteiger partial charge in [-0.05, 0) is 37.3 Å². The van der Waals surface area contributed by atoms with Gasteiger partial charge >= 0.3 is 0 Å². The van der Waals surface area contributed by atoms with Gasteiger partial charge in [-0.25, -0.2) is 0 Å². The van der Waals surface area contributed by atoms with Crippen molar-refractivity contribution in [3.8, 4) is 0 Å². The summed E-state index contributed by atoms with van der Waals surface area (Å²) < 4.78 is 0. The molecule has 0 spiro atoms. The van der Waals surface area contributed by atoms with Gasteiger partial charge in [-0.3, -0.25) is 9.78 Å². The summed E-state index contributed by atoms with van der Waals surface area (Å²) in [6.07, 6.45) is 9.25. The highest BCUT2D eigenvalue weighted by Gasteiger charge is 2.45. The van der Waals surface area contributed by atoms with Crippen LogP contribution >= 0.6 is 0 Å². The molecule has 4 rings (SSSR count). The maximum absolute atomic E-state index is 12.4. The molecule has 3 aliphatic rings. The second-order valence-corrected chi connectivity index (χ2v) is 6.97. The van der Waals surface area contributed by atoms with Crippen LogP contribution in [-0.2, 0) is 0 Å². The highest BCUT2D eigenvalue weighted by atomic mass is 16.2. The Bertz CT molecular complexity index is 510. The number of carbonyl (C=O) groups is 1. The van der Waals surface area contributed by atoms with Crippen molar-refractivity contribution in [2.75, 3.05) is 26.2 Å². The lowest BCUT2D eigenvalue weighted by atomic mass is 9.93. The van der Waals surface area contributed by atoms with Crippen LogP contribution < -0.4 is 4.90 Å². The number of rotatable bonds is 2. The molecule has 0 aromatic carbocycles. The van der Waals surface area contributed by atoms with Crippen LogP contribution in [-0.4, -0.2) is 48.0 Å². The summed E-state index contributed by atoms with van der Waals surface area (Å²) in [4.78, 5) is 20.2. The molecule has 2 saturated carbocycles. The van der Waals surface area contributed by atoms with Gasteiger partial charge in [-0.15, -0.1) is 0 Å². The van der Waals surface area contributed by atoms with E-state index in [1.54, 1.807) is 17.3 Å². The zero-order chi connectivity index (χ0) is 14.2. The minimum atomic E-state index is 0.171. The van der Waals surface area contributed by atoms with Gasteiger partial charge in [0.1, 0.15) is 0 Å². The van der Waals surface area contributed by atoms with Gasteiger partial charge in [-0.1, -0.05) is 0 Å². The van der Waals surface area contributed by atoms with Gasteiger partial charge in [0.05, 0.1) is 32.2 Å². The Balaban J connectivity index is 1.36. The second-order valence-electron chi connectivity index (χ2n) is 6.97. The summed E-state index contributed by atoms with van der Waals surface area (Å²) in [6.45, 7) is 4.07. The van der Waals surface area contributed by atoms with Crippen molar-refractivity contribution in [3.63, 3.8) is 0 Å². The summed E-state index contributed by atoms with van der Waals surface area (Å²) in [5.41, 5.74) is 0.772. The highest BCUT2D eigenvalue weighted by molar-refractivity contribution is 5.94. The monoisotopic (exact) mass is 286 g/mol. The van der Waals surface area contributed by atoms with Crippen molar-refractivity contribution >= 4 is 5.91 Å². The molecule has 1 saturated heterocycles. The summed E-state index contributed by atoms with van der Waals surface area (Å²) in [5, 5.41) is 0. The van der Waals surface area contributed by atoms with Crippen LogP contribution in [0.5, 0.6) is 0 Å². The van der Waals surface area contributed by atoms with Crippen molar-refractivity contribution in [2.45, 2.75) is 31.7 Å². The number of fused-ring (bicyclic) bond motifs is 2. The van der Waals surface area contributed by atoms with Gasteiger partial charge in [0, 0.05) is 30.3 Å². The Kier molecular flexibility index (Phi) is 3.42. The molecule has 4 heteroatoms. The Morgan fingerprint density at radius 3 is 2.52 bits per heavy atom. The first kappa shape index (κ1) is 13.3. The average Bonchev–Trinajstić information content (AvgIpc) is 3.18. The molecule has 1 aliphatic heterocycles. The smallest absolute Gasteiger partial charge is 0.254 e. The molecule has 0 radical (unpaired) electrons. The van der Waals surface area contributed by atoms with Crippen LogP contribution in [0, 0.1) is 11.8 Å². The highest BCUT2D eigenvalue weighted by Crippen LogP contribution is 2.43. The SMILES string of the molecule is O=C(c1ccncc1)N1CC[NH+]([C@@H]2C[C@H]3CC[C@@H]2C3)CC1. The van der Waals surface area contributed by atoms with E-state index in [1.165, 1.54) is 25.7 Å². The van der Waals surface area contributed by atoms with Gasteiger partial charge in [0.25, 0.3) is 5.91 Å². The van der Waals surface area contributed by atoms with Crippen LogP contribution in [0.4, 0.5) is 0 Å². The molecule has 1 N–H and O–H groups in total. The first-order valence-corrected chi connectivity index (χ1v) is 8.35. The molecule has 3 fully saturated rings. The van der Waals surface area contributed by atoms with Crippen LogP contribution in [0.2, 0.25) is 0 Å². The van der Waals surface area contributed by atoms with Gasteiger partial charge in [0.15, 0.2) is 0 Å². The van der Waals surface area contributed by atoms with Crippen LogP contribution in [0.15, 0.2) is 24.5 Å². The van der Waals surface area contributed by atoms with Crippen molar-refractivity contribution < 1.29 is 9.69 Å². The molecule has 112 valence electrons. The normalized spacial score (nSPS) is 32.6. The third-order valence-electron chi connectivity index (χ3n) is 5.88. The Morgan fingerprint density at radius 1 is 1.14 bits per heavy atom. The first-order valence-electron chi connectivity index (χ1n) is 8.35. The first-order chi connectivity index (χ1) is 10.3. The lowest BCUT2D eigenvalue weighted by Gasteiger charge is -2.38. The summed E-state index contributed by atoms with van der Waals surface area (Å²) in [7, 11) is 0. The van der Waals surface area contributed by atoms with Crippen molar-refractivity contribution in [1.29, 1.82) is 0 Å². The average molecular weight is 286 g/mol. The molecule has 21 heavy (non-hydrogen) atoms. The van der Waals surface area contributed by atoms with E-state index >= 15 is 0 Å². The molecule has 1 amide bonds. The number of hydrogen-bond acceptors (Lipinski definition) is 2. The van der Waals surface area contributed by atoms with E-state index in [0.717, 1.165) is 49.6 Å². The zero-order valence-electron chi connectivity index (χ0n) is 12.5. The number of carbonyl (C=O) groups excluding carboxylic acids is 1. The third-order valence-corrected chi connectivity index (χ3v) is 5.88. The summed E-state index contributed by atoms with van der Waals surface area (Å²) >= 11 is 0. The predicted octanol–water partition coefficient (Wildman–Crippen LogP) is 0.611. The molecule has 1 aromatic rings. The van der Waals surface area contributed by atoms with E-state index in [4.69, 9.17) is 0 Å². The number of aromatic nitrogens is 1. The van der Waals surface area contributed by atoms with E-state index in [-0.39, 0.29) is 5.91 Å². The number of amides is 1. The largest absolute Gasteiger partial charge is 0.329 e. The fourth-order valence-corrected chi connectivity index (χ4v) is 4.79. The third kappa shape index (κ3) is 2.46. The molecule has 1 aromatic heterocycles. The Labute approximate surface area is 126 Å². The zero-order valence-corrected chi connectivity index (χ0v) is 12.5. The molecule has 2 bridgehead atoms. The molecular weight excluding hydrogens is 262 g/mol. The molecule has 2 heterocycles. The van der Waals surface area contributed by atoms with E-state index in [1.807, 2.05) is 17.0 Å².